The van der Waals surface area contributed by atoms with Crippen LogP contribution in [-0.4, -0.2) is 89.9 Å². The summed E-state index contributed by atoms with van der Waals surface area (Å²) in [6, 6.07) is 11.1. The molecule has 58 heavy (non-hydrogen) atoms. The van der Waals surface area contributed by atoms with Crippen LogP contribution in [0.3, 0.4) is 0 Å². The van der Waals surface area contributed by atoms with Crippen LogP contribution < -0.4 is 9.47 Å². The minimum Gasteiger partial charge on any atom is -0.490 e. The van der Waals surface area contributed by atoms with E-state index in [0.717, 1.165) is 49.7 Å². The van der Waals surface area contributed by atoms with Crippen molar-refractivity contribution in [2.45, 2.75) is 88.2 Å². The van der Waals surface area contributed by atoms with Crippen molar-refractivity contribution in [2.24, 2.45) is 22.9 Å². The molecule has 2 aromatic rings. The number of hydrogen-bond donors (Lipinski definition) is 2. The number of carbonyl (C=O) groups excluding carboxylic acids is 1. The molecular weight excluding hydrogens is 743 g/mol. The van der Waals surface area contributed by atoms with E-state index in [1.165, 1.54) is 18.2 Å². The number of aliphatic hydroxyl groups is 2. The van der Waals surface area contributed by atoms with Crippen LogP contribution in [0.15, 0.2) is 90.7 Å². The van der Waals surface area contributed by atoms with Gasteiger partial charge >= 0.3 is 0 Å². The van der Waals surface area contributed by atoms with Crippen molar-refractivity contribution in [1.29, 1.82) is 0 Å². The summed E-state index contributed by atoms with van der Waals surface area (Å²) in [6.07, 6.45) is 15.7. The summed E-state index contributed by atoms with van der Waals surface area (Å²) in [4.78, 5) is 32.9. The van der Waals surface area contributed by atoms with Gasteiger partial charge in [0.2, 0.25) is 18.0 Å². The largest absolute Gasteiger partial charge is 0.490 e. The highest BCUT2D eigenvalue weighted by Crippen LogP contribution is 2.61. The molecule has 13 heteroatoms. The Labute approximate surface area is 340 Å². The molecule has 0 aromatic heterocycles. The number of nitro benzene ring substituents is 1. The van der Waals surface area contributed by atoms with Crippen LogP contribution in [0.2, 0.25) is 0 Å². The Morgan fingerprint density at radius 2 is 1.81 bits per heavy atom. The van der Waals surface area contributed by atoms with Gasteiger partial charge in [0.15, 0.2) is 0 Å². The molecule has 4 aliphatic rings. The number of allylic oxidation sites excluding steroid dienone is 1. The Bertz CT molecular complexity index is 1840. The second kappa shape index (κ2) is 20.2. The van der Waals surface area contributed by atoms with Gasteiger partial charge in [0.05, 0.1) is 29.8 Å². The van der Waals surface area contributed by atoms with Gasteiger partial charge in [-0.25, -0.2) is 0 Å². The molecule has 6 rings (SSSR count). The second-order valence-electron chi connectivity index (χ2n) is 15.4. The molecule has 1 saturated heterocycles. The number of hydrogen-bond acceptors (Lipinski definition) is 11. The number of likely N-dealkylation sites (N-methyl/N-ethyl adjacent to an activating group) is 1. The number of carbonyl (C=O) groups is 1. The van der Waals surface area contributed by atoms with Gasteiger partial charge < -0.3 is 38.9 Å². The van der Waals surface area contributed by atoms with Gasteiger partial charge in [0.1, 0.15) is 24.1 Å². The molecular formula is C45H57N3O10. The van der Waals surface area contributed by atoms with E-state index in [2.05, 4.69) is 19.2 Å². The van der Waals surface area contributed by atoms with Gasteiger partial charge in [-0.2, -0.15) is 0 Å². The Hall–Kier alpha value is -4.82. The lowest BCUT2D eigenvalue weighted by molar-refractivity contribution is -0.384. The third-order valence-electron chi connectivity index (χ3n) is 11.8. The number of aliphatic hydroxyl groups excluding tert-OH is 2. The SMILES string of the molecule is C=CCOc1ccc2c(c1)C1C(CCCCO)C(CCCCO)C=C3C(=NOC4CCCCO4)CC(N(C)C(=O)C=Cc4ccc([N+](=O)[O-])cc4)C(OCC=C)(O2)C31. The normalized spacial score (nSPS) is 26.8. The van der Waals surface area contributed by atoms with E-state index in [1.807, 2.05) is 18.2 Å². The van der Waals surface area contributed by atoms with Crippen LogP contribution in [0, 0.1) is 27.9 Å². The maximum absolute atomic E-state index is 14.3. The number of oxime groups is 1. The lowest BCUT2D eigenvalue weighted by Crippen LogP contribution is -2.69. The van der Waals surface area contributed by atoms with Gasteiger partial charge in [-0.1, -0.05) is 42.8 Å². The molecule has 13 nitrogen and oxygen atoms in total. The Kier molecular flexibility index (Phi) is 14.9. The zero-order valence-electron chi connectivity index (χ0n) is 33.4. The van der Waals surface area contributed by atoms with E-state index in [1.54, 1.807) is 42.3 Å². The summed E-state index contributed by atoms with van der Waals surface area (Å²) in [5, 5.41) is 35.8. The van der Waals surface area contributed by atoms with Crippen molar-refractivity contribution < 1.29 is 43.7 Å². The molecule has 2 aliphatic heterocycles. The molecule has 0 bridgehead atoms. The van der Waals surface area contributed by atoms with E-state index < -0.39 is 29.0 Å². The molecule has 2 aliphatic carbocycles. The number of nitrogens with zero attached hydrogens (tertiary/aromatic N) is 3. The Morgan fingerprint density at radius 3 is 2.50 bits per heavy atom. The Morgan fingerprint density at radius 1 is 1.05 bits per heavy atom. The van der Waals surface area contributed by atoms with Crippen molar-refractivity contribution in [3.05, 3.63) is 107 Å². The fourth-order valence-electron chi connectivity index (χ4n) is 9.04. The zero-order valence-corrected chi connectivity index (χ0v) is 33.4. The first-order chi connectivity index (χ1) is 28.2. The molecule has 2 fully saturated rings. The minimum absolute atomic E-state index is 0.0397. The van der Waals surface area contributed by atoms with Gasteiger partial charge in [0, 0.05) is 62.8 Å². The monoisotopic (exact) mass is 799 g/mol. The third-order valence-corrected chi connectivity index (χ3v) is 11.8. The molecule has 0 spiro atoms. The van der Waals surface area contributed by atoms with Gasteiger partial charge in [0.25, 0.3) is 5.69 Å². The summed E-state index contributed by atoms with van der Waals surface area (Å²) >= 11 is 0. The summed E-state index contributed by atoms with van der Waals surface area (Å²) in [6.45, 7) is 9.05. The highest BCUT2D eigenvalue weighted by atomic mass is 16.8. The number of amides is 1. The van der Waals surface area contributed by atoms with E-state index in [-0.39, 0.29) is 55.6 Å². The van der Waals surface area contributed by atoms with Crippen LogP contribution in [-0.2, 0) is 19.1 Å². The smallest absolute Gasteiger partial charge is 0.269 e. The van der Waals surface area contributed by atoms with Crippen molar-refractivity contribution >= 4 is 23.4 Å². The van der Waals surface area contributed by atoms with Gasteiger partial charge in [-0.05, 0) is 97.9 Å². The van der Waals surface area contributed by atoms with Gasteiger partial charge in [-0.3, -0.25) is 14.9 Å². The number of rotatable bonds is 20. The number of nitro groups is 1. The lowest BCUT2D eigenvalue weighted by atomic mass is 9.55. The van der Waals surface area contributed by atoms with Crippen molar-refractivity contribution in [2.75, 3.05) is 40.1 Å². The summed E-state index contributed by atoms with van der Waals surface area (Å²) < 4.78 is 26.1. The zero-order chi connectivity index (χ0) is 41.1. The quantitative estimate of drug-likeness (QED) is 0.0451. The average molecular weight is 800 g/mol. The second-order valence-corrected chi connectivity index (χ2v) is 15.4. The molecule has 7 atom stereocenters. The first kappa shape index (κ1) is 42.8. The van der Waals surface area contributed by atoms with Crippen LogP contribution >= 0.6 is 0 Å². The fraction of sp³-hybridized carbons (Fsp3) is 0.511. The minimum atomic E-state index is -1.40. The first-order valence-electron chi connectivity index (χ1n) is 20.5. The van der Waals surface area contributed by atoms with E-state index >= 15 is 0 Å². The number of fused-ring (bicyclic) bond motifs is 2. The first-order valence-corrected chi connectivity index (χ1v) is 20.5. The van der Waals surface area contributed by atoms with E-state index in [4.69, 9.17) is 28.9 Å². The molecule has 2 aromatic carbocycles. The summed E-state index contributed by atoms with van der Waals surface area (Å²) in [5.74, 6) is -0.956. The maximum atomic E-state index is 14.3. The van der Waals surface area contributed by atoms with Crippen molar-refractivity contribution in [3.8, 4) is 11.5 Å². The average Bonchev–Trinajstić information content (AvgIpc) is 3.24. The van der Waals surface area contributed by atoms with E-state index in [9.17, 15) is 25.1 Å². The van der Waals surface area contributed by atoms with Crippen LogP contribution in [0.4, 0.5) is 5.69 Å². The number of ether oxygens (including phenoxy) is 4. The van der Waals surface area contributed by atoms with Crippen molar-refractivity contribution in [3.63, 3.8) is 0 Å². The third kappa shape index (κ3) is 9.55. The topological polar surface area (TPSA) is 162 Å². The standard InChI is InChI=1S/C45H57N3O10/c1-4-25-54-34-20-21-39-37(29-34)43-35(13-7-10-24-50)32(12-6-9-23-49)28-36-38(46-58-42-14-8-11-27-55-42)30-40(45(57-39,44(36)43)56-26-5-2)47(3)41(51)22-17-31-15-18-33(19-16-31)48(52)53/h4-5,15-22,28-29,32,35,40,42-44,49-50H,1-2,6-14,23-27,30H2,3H3. The predicted octanol–water partition coefficient (Wildman–Crippen LogP) is 7.49. The predicted molar refractivity (Wildman–Crippen MR) is 220 cm³/mol. The highest BCUT2D eigenvalue weighted by molar-refractivity contribution is 6.03. The number of benzene rings is 2. The molecule has 312 valence electrons. The maximum Gasteiger partial charge on any atom is 0.269 e. The molecule has 0 radical (unpaired) electrons. The molecule has 1 saturated carbocycles. The molecule has 7 unspecified atom stereocenters. The molecule has 1 amide bonds. The van der Waals surface area contributed by atoms with Crippen LogP contribution in [0.5, 0.6) is 11.5 Å². The number of non-ortho nitro benzene ring substituents is 1. The van der Waals surface area contributed by atoms with Crippen LogP contribution in [0.25, 0.3) is 6.08 Å². The lowest BCUT2D eigenvalue weighted by Gasteiger charge is -2.59. The van der Waals surface area contributed by atoms with E-state index in [0.29, 0.717) is 55.3 Å². The van der Waals surface area contributed by atoms with Crippen LogP contribution in [0.1, 0.15) is 81.3 Å². The molecule has 2 heterocycles. The number of unbranched alkanes of at least 4 members (excludes halogenated alkanes) is 2. The summed E-state index contributed by atoms with van der Waals surface area (Å²) in [7, 11) is 1.73. The Balaban J connectivity index is 1.51. The fourth-order valence-corrected chi connectivity index (χ4v) is 9.04. The molecule has 2 N–H and O–H groups in total. The highest BCUT2D eigenvalue weighted by Gasteiger charge is 2.65. The van der Waals surface area contributed by atoms with Gasteiger partial charge in [-0.15, -0.1) is 6.58 Å². The van der Waals surface area contributed by atoms with Crippen molar-refractivity contribution in [1.82, 2.24) is 4.90 Å². The summed E-state index contributed by atoms with van der Waals surface area (Å²) in [5.41, 5.74) is 3.16.